The van der Waals surface area contributed by atoms with Gasteiger partial charge >= 0.3 is 0 Å². The Balaban J connectivity index is 1.97. The van der Waals surface area contributed by atoms with Gasteiger partial charge in [0.25, 0.3) is 0 Å². The van der Waals surface area contributed by atoms with E-state index in [-0.39, 0.29) is 0 Å². The van der Waals surface area contributed by atoms with E-state index in [1.54, 1.807) is 7.11 Å². The molecule has 2 aromatic carbocycles. The van der Waals surface area contributed by atoms with E-state index in [2.05, 4.69) is 35.6 Å². The number of nitrogens with one attached hydrogen (secondary N) is 1. The minimum absolute atomic E-state index is 0.585. The molecule has 112 valence electrons. The summed E-state index contributed by atoms with van der Waals surface area (Å²) >= 11 is 0. The third-order valence-electron chi connectivity index (χ3n) is 4.66. The van der Waals surface area contributed by atoms with Crippen LogP contribution in [0.25, 0.3) is 21.8 Å². The summed E-state index contributed by atoms with van der Waals surface area (Å²) in [6.07, 6.45) is 2.35. The third kappa shape index (κ3) is 2.32. The zero-order chi connectivity index (χ0) is 14.9. The van der Waals surface area contributed by atoms with E-state index in [0.717, 1.165) is 29.9 Å². The van der Waals surface area contributed by atoms with Crippen molar-refractivity contribution < 1.29 is 4.74 Å². The first-order valence-electron chi connectivity index (χ1n) is 7.93. The van der Waals surface area contributed by atoms with E-state index in [9.17, 15) is 0 Å². The Morgan fingerprint density at radius 1 is 1.05 bits per heavy atom. The van der Waals surface area contributed by atoms with Crippen LogP contribution >= 0.6 is 0 Å². The van der Waals surface area contributed by atoms with Crippen molar-refractivity contribution in [3.05, 3.63) is 48.0 Å². The molecule has 0 bridgehead atoms. The van der Waals surface area contributed by atoms with Gasteiger partial charge in [-0.15, -0.1) is 0 Å². The normalized spacial score (nSPS) is 16.2. The van der Waals surface area contributed by atoms with Crippen molar-refractivity contribution in [2.75, 3.05) is 20.2 Å². The maximum absolute atomic E-state index is 5.51. The molecule has 0 atom stereocenters. The molecule has 1 saturated heterocycles. The molecule has 0 amide bonds. The smallest absolute Gasteiger partial charge is 0.121 e. The number of ether oxygens (including phenoxy) is 1. The van der Waals surface area contributed by atoms with Gasteiger partial charge in [0.2, 0.25) is 0 Å². The number of para-hydroxylation sites is 1. The van der Waals surface area contributed by atoms with Crippen LogP contribution in [0.5, 0.6) is 5.75 Å². The summed E-state index contributed by atoms with van der Waals surface area (Å²) in [4.78, 5) is 4.85. The number of nitrogens with zero attached hydrogens (tertiary/aromatic N) is 1. The topological polar surface area (TPSA) is 34.1 Å². The molecule has 1 N–H and O–H groups in total. The first-order chi connectivity index (χ1) is 10.8. The van der Waals surface area contributed by atoms with E-state index in [1.165, 1.54) is 29.2 Å². The lowest BCUT2D eigenvalue weighted by molar-refractivity contribution is 0.412. The molecule has 0 saturated carbocycles. The highest BCUT2D eigenvalue weighted by molar-refractivity contribution is 5.95. The number of aromatic nitrogens is 1. The van der Waals surface area contributed by atoms with Crippen LogP contribution in [-0.4, -0.2) is 25.2 Å². The molecule has 4 rings (SSSR count). The fraction of sp³-hybridized carbons (Fsp3) is 0.316. The summed E-state index contributed by atoms with van der Waals surface area (Å²) in [6, 6.07) is 14.9. The SMILES string of the molecule is COc1cc(C2CCNCC2)c2cc3ccccc3nc2c1. The Morgan fingerprint density at radius 3 is 2.68 bits per heavy atom. The molecule has 0 aliphatic carbocycles. The van der Waals surface area contributed by atoms with Crippen molar-refractivity contribution in [1.82, 2.24) is 10.3 Å². The predicted octanol–water partition coefficient (Wildman–Crippen LogP) is 3.86. The molecule has 1 aromatic heterocycles. The summed E-state index contributed by atoms with van der Waals surface area (Å²) in [5.41, 5.74) is 3.46. The van der Waals surface area contributed by atoms with Gasteiger partial charge in [-0.2, -0.15) is 0 Å². The zero-order valence-corrected chi connectivity index (χ0v) is 12.8. The molecular formula is C19H20N2O. The number of fused-ring (bicyclic) bond motifs is 2. The molecule has 0 unspecified atom stereocenters. The molecule has 3 nitrogen and oxygen atoms in total. The molecule has 3 heteroatoms. The molecule has 1 aliphatic rings. The quantitative estimate of drug-likeness (QED) is 0.728. The number of piperidine rings is 1. The highest BCUT2D eigenvalue weighted by atomic mass is 16.5. The largest absolute Gasteiger partial charge is 0.497 e. The Bertz CT molecular complexity index is 822. The highest BCUT2D eigenvalue weighted by Crippen LogP contribution is 2.35. The molecular weight excluding hydrogens is 272 g/mol. The Kier molecular flexibility index (Phi) is 3.43. The van der Waals surface area contributed by atoms with Crippen LogP contribution in [0, 0.1) is 0 Å². The average molecular weight is 292 g/mol. The Labute approximate surface area is 130 Å². The number of hydrogen-bond donors (Lipinski definition) is 1. The molecule has 1 aliphatic heterocycles. The summed E-state index contributed by atoms with van der Waals surface area (Å²) in [7, 11) is 1.73. The van der Waals surface area contributed by atoms with Gasteiger partial charge in [-0.05, 0) is 55.6 Å². The molecule has 1 fully saturated rings. The van der Waals surface area contributed by atoms with E-state index in [0.29, 0.717) is 5.92 Å². The summed E-state index contributed by atoms with van der Waals surface area (Å²) in [5.74, 6) is 1.49. The molecule has 3 aromatic rings. The lowest BCUT2D eigenvalue weighted by Gasteiger charge is -2.24. The van der Waals surface area contributed by atoms with Crippen LogP contribution in [-0.2, 0) is 0 Å². The number of benzene rings is 2. The predicted molar refractivity (Wildman–Crippen MR) is 90.6 cm³/mol. The lowest BCUT2D eigenvalue weighted by Crippen LogP contribution is -2.26. The van der Waals surface area contributed by atoms with Crippen molar-refractivity contribution in [3.8, 4) is 5.75 Å². The van der Waals surface area contributed by atoms with Gasteiger partial charge in [0.15, 0.2) is 0 Å². The summed E-state index contributed by atoms with van der Waals surface area (Å²) in [6.45, 7) is 2.18. The third-order valence-corrected chi connectivity index (χ3v) is 4.66. The molecule has 22 heavy (non-hydrogen) atoms. The first-order valence-corrected chi connectivity index (χ1v) is 7.93. The summed E-state index contributed by atoms with van der Waals surface area (Å²) < 4.78 is 5.51. The van der Waals surface area contributed by atoms with Gasteiger partial charge in [0, 0.05) is 16.8 Å². The van der Waals surface area contributed by atoms with Crippen molar-refractivity contribution >= 4 is 21.8 Å². The number of methoxy groups -OCH3 is 1. The van der Waals surface area contributed by atoms with Crippen LogP contribution in [0.4, 0.5) is 0 Å². The number of hydrogen-bond acceptors (Lipinski definition) is 3. The second-order valence-electron chi connectivity index (χ2n) is 5.99. The van der Waals surface area contributed by atoms with Crippen LogP contribution in [0.15, 0.2) is 42.5 Å². The monoisotopic (exact) mass is 292 g/mol. The van der Waals surface area contributed by atoms with E-state index in [4.69, 9.17) is 9.72 Å². The fourth-order valence-electron chi connectivity index (χ4n) is 3.47. The minimum Gasteiger partial charge on any atom is -0.497 e. The van der Waals surface area contributed by atoms with Gasteiger partial charge in [-0.25, -0.2) is 4.98 Å². The average Bonchev–Trinajstić information content (AvgIpc) is 2.59. The lowest BCUT2D eigenvalue weighted by atomic mass is 9.87. The van der Waals surface area contributed by atoms with E-state index >= 15 is 0 Å². The number of pyridine rings is 1. The van der Waals surface area contributed by atoms with Gasteiger partial charge < -0.3 is 10.1 Å². The second kappa shape index (κ2) is 5.58. The fourth-order valence-corrected chi connectivity index (χ4v) is 3.47. The minimum atomic E-state index is 0.585. The van der Waals surface area contributed by atoms with Crippen LogP contribution < -0.4 is 10.1 Å². The van der Waals surface area contributed by atoms with E-state index in [1.807, 2.05) is 12.1 Å². The molecule has 0 spiro atoms. The molecule has 0 radical (unpaired) electrons. The van der Waals surface area contributed by atoms with Crippen molar-refractivity contribution in [1.29, 1.82) is 0 Å². The van der Waals surface area contributed by atoms with Crippen LogP contribution in [0.1, 0.15) is 24.3 Å². The second-order valence-corrected chi connectivity index (χ2v) is 5.99. The Morgan fingerprint density at radius 2 is 1.86 bits per heavy atom. The first kappa shape index (κ1) is 13.5. The van der Waals surface area contributed by atoms with Gasteiger partial charge in [-0.1, -0.05) is 18.2 Å². The summed E-state index contributed by atoms with van der Waals surface area (Å²) in [5, 5.41) is 5.92. The van der Waals surface area contributed by atoms with Gasteiger partial charge in [0.1, 0.15) is 5.75 Å². The Hall–Kier alpha value is -2.13. The van der Waals surface area contributed by atoms with Crippen LogP contribution in [0.3, 0.4) is 0 Å². The molecule has 2 heterocycles. The van der Waals surface area contributed by atoms with Gasteiger partial charge in [-0.3, -0.25) is 0 Å². The maximum Gasteiger partial charge on any atom is 0.121 e. The number of rotatable bonds is 2. The van der Waals surface area contributed by atoms with Crippen molar-refractivity contribution in [2.45, 2.75) is 18.8 Å². The van der Waals surface area contributed by atoms with Crippen LogP contribution in [0.2, 0.25) is 0 Å². The highest BCUT2D eigenvalue weighted by Gasteiger charge is 2.19. The van der Waals surface area contributed by atoms with E-state index < -0.39 is 0 Å². The van der Waals surface area contributed by atoms with Crippen molar-refractivity contribution in [3.63, 3.8) is 0 Å². The standard InChI is InChI=1S/C19H20N2O/c1-22-15-11-16(13-6-8-20-9-7-13)17-10-14-4-2-3-5-18(14)21-19(17)12-15/h2-5,10-13,20H,6-9H2,1H3. The van der Waals surface area contributed by atoms with Gasteiger partial charge in [0.05, 0.1) is 18.1 Å². The van der Waals surface area contributed by atoms with Crippen molar-refractivity contribution in [2.24, 2.45) is 0 Å². The maximum atomic E-state index is 5.51. The zero-order valence-electron chi connectivity index (χ0n) is 12.8.